The second kappa shape index (κ2) is 7.26. The molecule has 134 valence electrons. The van der Waals surface area contributed by atoms with E-state index >= 15 is 0 Å². The highest BCUT2D eigenvalue weighted by Gasteiger charge is 2.17. The molecular formula is C21H16FN3O2. The summed E-state index contributed by atoms with van der Waals surface area (Å²) in [6.45, 7) is 1.74. The van der Waals surface area contributed by atoms with Gasteiger partial charge in [0.1, 0.15) is 23.5 Å². The van der Waals surface area contributed by atoms with Gasteiger partial charge in [0.25, 0.3) is 0 Å². The predicted molar refractivity (Wildman–Crippen MR) is 100 cm³/mol. The smallest absolute Gasteiger partial charge is 0.195 e. The monoisotopic (exact) mass is 361 g/mol. The highest BCUT2D eigenvalue weighted by atomic mass is 19.1. The van der Waals surface area contributed by atoms with Gasteiger partial charge in [0.05, 0.1) is 16.8 Å². The van der Waals surface area contributed by atoms with Gasteiger partial charge in [-0.25, -0.2) is 9.37 Å². The Bertz CT molecular complexity index is 1090. The summed E-state index contributed by atoms with van der Waals surface area (Å²) in [6.07, 6.45) is 0. The number of phenols is 1. The Morgan fingerprint density at radius 3 is 2.63 bits per heavy atom. The summed E-state index contributed by atoms with van der Waals surface area (Å²) < 4.78 is 14.1. The van der Waals surface area contributed by atoms with Crippen molar-refractivity contribution in [1.82, 2.24) is 4.98 Å². The molecule has 0 aliphatic heterocycles. The Kier molecular flexibility index (Phi) is 4.86. The number of pyridine rings is 1. The molecule has 3 rings (SSSR count). The Hall–Kier alpha value is -3.72. The van der Waals surface area contributed by atoms with Crippen LogP contribution in [0.4, 0.5) is 10.2 Å². The number of phenolic OH excluding ortho intramolecular Hbond substituents is 1. The van der Waals surface area contributed by atoms with E-state index in [4.69, 9.17) is 5.26 Å². The van der Waals surface area contributed by atoms with Crippen molar-refractivity contribution < 1.29 is 14.3 Å². The number of aromatic nitrogens is 1. The molecule has 1 aromatic heterocycles. The maximum atomic E-state index is 14.1. The molecule has 0 radical (unpaired) electrons. The van der Waals surface area contributed by atoms with Gasteiger partial charge < -0.3 is 10.4 Å². The van der Waals surface area contributed by atoms with Crippen LogP contribution in [0.15, 0.2) is 48.5 Å². The normalized spacial score (nSPS) is 10.3. The number of anilines is 1. The minimum atomic E-state index is -0.594. The van der Waals surface area contributed by atoms with Crippen LogP contribution >= 0.6 is 0 Å². The van der Waals surface area contributed by atoms with E-state index in [-0.39, 0.29) is 16.9 Å². The lowest BCUT2D eigenvalue weighted by atomic mass is 9.98. The van der Waals surface area contributed by atoms with Crippen LogP contribution in [-0.4, -0.2) is 22.9 Å². The van der Waals surface area contributed by atoms with Crippen LogP contribution in [0.1, 0.15) is 27.0 Å². The van der Waals surface area contributed by atoms with Gasteiger partial charge in [0.15, 0.2) is 5.78 Å². The van der Waals surface area contributed by atoms with Gasteiger partial charge >= 0.3 is 0 Å². The molecule has 27 heavy (non-hydrogen) atoms. The maximum absolute atomic E-state index is 14.1. The Balaban J connectivity index is 2.07. The Morgan fingerprint density at radius 1 is 1.19 bits per heavy atom. The fourth-order valence-corrected chi connectivity index (χ4v) is 2.73. The van der Waals surface area contributed by atoms with Crippen LogP contribution in [0, 0.1) is 24.1 Å². The third-order valence-electron chi connectivity index (χ3n) is 4.16. The lowest BCUT2D eigenvalue weighted by molar-refractivity contribution is 0.103. The van der Waals surface area contributed by atoms with Crippen molar-refractivity contribution in [3.8, 4) is 23.1 Å². The fraction of sp³-hybridized carbons (Fsp3) is 0.0952. The number of nitrogens with one attached hydrogen (secondary N) is 1. The number of carbonyl (C=O) groups is 1. The van der Waals surface area contributed by atoms with E-state index in [0.29, 0.717) is 22.6 Å². The standard InChI is InChI=1S/C21H16FN3O2/c1-12-3-6-15(17(22)9-12)20(27)13-5-8-19(26)16(10-13)18-7-4-14(11-23)21(24-2)25-18/h3-10,26H,1-2H3,(H,24,25). The van der Waals surface area contributed by atoms with Crippen LogP contribution in [-0.2, 0) is 0 Å². The summed E-state index contributed by atoms with van der Waals surface area (Å²) in [5, 5.41) is 22.1. The van der Waals surface area contributed by atoms with Crippen LogP contribution in [0.25, 0.3) is 11.3 Å². The number of aryl methyl sites for hydroxylation is 1. The molecule has 0 atom stereocenters. The molecule has 0 fully saturated rings. The van der Waals surface area contributed by atoms with E-state index in [1.54, 1.807) is 32.2 Å². The van der Waals surface area contributed by atoms with E-state index in [2.05, 4.69) is 10.3 Å². The van der Waals surface area contributed by atoms with Gasteiger partial charge in [-0.15, -0.1) is 0 Å². The first-order chi connectivity index (χ1) is 12.9. The van der Waals surface area contributed by atoms with Crippen molar-refractivity contribution in [3.63, 3.8) is 0 Å². The summed E-state index contributed by atoms with van der Waals surface area (Å²) >= 11 is 0. The third-order valence-corrected chi connectivity index (χ3v) is 4.16. The number of nitriles is 1. The molecule has 5 nitrogen and oxygen atoms in total. The van der Waals surface area contributed by atoms with Crippen LogP contribution < -0.4 is 5.32 Å². The first kappa shape index (κ1) is 18.1. The molecule has 2 aromatic carbocycles. The number of carbonyl (C=O) groups excluding carboxylic acids is 1. The molecule has 0 bridgehead atoms. The minimum Gasteiger partial charge on any atom is -0.507 e. The first-order valence-electron chi connectivity index (χ1n) is 8.17. The number of nitrogens with zero attached hydrogens (tertiary/aromatic N) is 2. The number of hydrogen-bond acceptors (Lipinski definition) is 5. The third kappa shape index (κ3) is 3.48. The van der Waals surface area contributed by atoms with E-state index in [0.717, 1.165) is 5.56 Å². The minimum absolute atomic E-state index is 0.0408. The predicted octanol–water partition coefficient (Wildman–Crippen LogP) is 4.05. The zero-order chi connectivity index (χ0) is 19.6. The second-order valence-corrected chi connectivity index (χ2v) is 6.00. The van der Waals surface area contributed by atoms with Gasteiger partial charge in [-0.1, -0.05) is 6.07 Å². The molecule has 0 spiro atoms. The number of rotatable bonds is 4. The number of benzene rings is 2. The van der Waals surface area contributed by atoms with E-state index in [1.807, 2.05) is 6.07 Å². The Morgan fingerprint density at radius 2 is 1.96 bits per heavy atom. The van der Waals surface area contributed by atoms with Crippen molar-refractivity contribution in [1.29, 1.82) is 5.26 Å². The summed E-state index contributed by atoms with van der Waals surface area (Å²) in [5.74, 6) is -0.800. The molecule has 0 saturated carbocycles. The van der Waals surface area contributed by atoms with Gasteiger partial charge in [-0.3, -0.25) is 4.79 Å². The molecule has 0 aliphatic rings. The topological polar surface area (TPSA) is 86.0 Å². The molecule has 0 saturated heterocycles. The largest absolute Gasteiger partial charge is 0.507 e. The van der Waals surface area contributed by atoms with Gasteiger partial charge in [0.2, 0.25) is 0 Å². The highest BCUT2D eigenvalue weighted by molar-refractivity contribution is 6.10. The highest BCUT2D eigenvalue weighted by Crippen LogP contribution is 2.31. The van der Waals surface area contributed by atoms with Crippen molar-refractivity contribution in [3.05, 3.63) is 76.6 Å². The van der Waals surface area contributed by atoms with Crippen molar-refractivity contribution in [2.24, 2.45) is 0 Å². The number of halogens is 1. The lowest BCUT2D eigenvalue weighted by Crippen LogP contribution is -2.05. The summed E-state index contributed by atoms with van der Waals surface area (Å²) in [4.78, 5) is 17.0. The first-order valence-corrected chi connectivity index (χ1v) is 8.17. The second-order valence-electron chi connectivity index (χ2n) is 6.00. The zero-order valence-electron chi connectivity index (χ0n) is 14.7. The average Bonchev–Trinajstić information content (AvgIpc) is 2.67. The Labute approximate surface area is 155 Å². The summed E-state index contributed by atoms with van der Waals surface area (Å²) in [7, 11) is 1.63. The summed E-state index contributed by atoms with van der Waals surface area (Å²) in [5.41, 5.74) is 1.96. The van der Waals surface area contributed by atoms with E-state index in [1.165, 1.54) is 30.3 Å². The number of hydrogen-bond donors (Lipinski definition) is 2. The molecule has 0 amide bonds. The van der Waals surface area contributed by atoms with Crippen LogP contribution in [0.3, 0.4) is 0 Å². The SMILES string of the molecule is CNc1nc(-c2cc(C(=O)c3ccc(C)cc3F)ccc2O)ccc1C#N. The molecule has 0 unspecified atom stereocenters. The van der Waals surface area contributed by atoms with Gasteiger partial charge in [-0.2, -0.15) is 5.26 Å². The molecule has 3 aromatic rings. The number of aromatic hydroxyl groups is 1. The summed E-state index contributed by atoms with van der Waals surface area (Å²) in [6, 6.07) is 13.8. The molecule has 0 aliphatic carbocycles. The van der Waals surface area contributed by atoms with Crippen molar-refractivity contribution >= 4 is 11.6 Å². The average molecular weight is 361 g/mol. The number of ketones is 1. The van der Waals surface area contributed by atoms with Crippen LogP contribution in [0.5, 0.6) is 5.75 Å². The molecule has 2 N–H and O–H groups in total. The molecule has 6 heteroatoms. The molecular weight excluding hydrogens is 345 g/mol. The van der Waals surface area contributed by atoms with Crippen molar-refractivity contribution in [2.45, 2.75) is 6.92 Å². The van der Waals surface area contributed by atoms with Gasteiger partial charge in [0, 0.05) is 18.2 Å². The lowest BCUT2D eigenvalue weighted by Gasteiger charge is -2.10. The van der Waals surface area contributed by atoms with E-state index < -0.39 is 11.6 Å². The van der Waals surface area contributed by atoms with Crippen LogP contribution in [0.2, 0.25) is 0 Å². The fourth-order valence-electron chi connectivity index (χ4n) is 2.73. The zero-order valence-corrected chi connectivity index (χ0v) is 14.7. The molecule has 1 heterocycles. The van der Waals surface area contributed by atoms with E-state index in [9.17, 15) is 14.3 Å². The maximum Gasteiger partial charge on any atom is 0.195 e. The van der Waals surface area contributed by atoms with Crippen molar-refractivity contribution in [2.75, 3.05) is 12.4 Å². The quantitative estimate of drug-likeness (QED) is 0.685. The van der Waals surface area contributed by atoms with Gasteiger partial charge in [-0.05, 0) is 55.0 Å².